The molecule has 19 heavy (non-hydrogen) atoms. The van der Waals surface area contributed by atoms with Crippen LogP contribution in [0.15, 0.2) is 28.9 Å². The second kappa shape index (κ2) is 5.05. The number of thiazole rings is 1. The Morgan fingerprint density at radius 3 is 2.63 bits per heavy atom. The lowest BCUT2D eigenvalue weighted by Gasteiger charge is -2.04. The zero-order valence-corrected chi connectivity index (χ0v) is 12.0. The molecule has 0 aliphatic carbocycles. The fourth-order valence-corrected chi connectivity index (χ4v) is 2.65. The van der Waals surface area contributed by atoms with Crippen molar-refractivity contribution in [3.8, 4) is 0 Å². The number of carbonyl (C=O) groups excluding carboxylic acids is 1. The summed E-state index contributed by atoms with van der Waals surface area (Å²) >= 11 is 3.62. The van der Waals surface area contributed by atoms with Gasteiger partial charge in [0.1, 0.15) is 0 Å². The van der Waals surface area contributed by atoms with Crippen molar-refractivity contribution in [1.82, 2.24) is 4.98 Å². The molecule has 0 atom stereocenters. The summed E-state index contributed by atoms with van der Waals surface area (Å²) in [5.41, 5.74) is 1.17. The number of benzene rings is 1. The largest absolute Gasteiger partial charge is 0.443 e. The topological polar surface area (TPSA) is 30.0 Å². The second-order valence-electron chi connectivity index (χ2n) is 3.79. The van der Waals surface area contributed by atoms with E-state index in [1.54, 1.807) is 25.1 Å². The van der Waals surface area contributed by atoms with Crippen LogP contribution in [0.5, 0.6) is 0 Å². The molecule has 0 radical (unpaired) electrons. The quantitative estimate of drug-likeness (QED) is 0.749. The fourth-order valence-electron chi connectivity index (χ4n) is 1.47. The Morgan fingerprint density at radius 1 is 1.37 bits per heavy atom. The van der Waals surface area contributed by atoms with E-state index in [0.29, 0.717) is 21.4 Å². The van der Waals surface area contributed by atoms with Crippen LogP contribution in [-0.4, -0.2) is 10.8 Å². The normalized spacial score (nSPS) is 11.6. The predicted molar refractivity (Wildman–Crippen MR) is 69.4 cm³/mol. The molecule has 0 aliphatic heterocycles. The number of aryl methyl sites for hydroxylation is 1. The highest BCUT2D eigenvalue weighted by molar-refractivity contribution is 9.10. The number of halogens is 4. The molecular weight excluding hydrogens is 343 g/mol. The third kappa shape index (κ3) is 2.87. The van der Waals surface area contributed by atoms with Gasteiger partial charge < -0.3 is 0 Å². The van der Waals surface area contributed by atoms with E-state index < -0.39 is 17.0 Å². The Kier molecular flexibility index (Phi) is 3.78. The molecule has 0 bridgehead atoms. The third-order valence-corrected chi connectivity index (χ3v) is 4.50. The maximum atomic E-state index is 12.4. The number of ketones is 1. The van der Waals surface area contributed by atoms with Crippen molar-refractivity contribution in [2.24, 2.45) is 0 Å². The molecule has 7 heteroatoms. The first-order valence-electron chi connectivity index (χ1n) is 5.13. The van der Waals surface area contributed by atoms with Crippen LogP contribution in [-0.2, 0) is 6.18 Å². The average molecular weight is 350 g/mol. The molecule has 2 aromatic rings. The van der Waals surface area contributed by atoms with Crippen molar-refractivity contribution in [3.63, 3.8) is 0 Å². The molecule has 100 valence electrons. The molecule has 0 N–H and O–H groups in total. The highest BCUT2D eigenvalue weighted by atomic mass is 79.9. The van der Waals surface area contributed by atoms with Gasteiger partial charge in [-0.2, -0.15) is 13.2 Å². The molecule has 0 unspecified atom stereocenters. The van der Waals surface area contributed by atoms with Crippen molar-refractivity contribution in [3.05, 3.63) is 49.9 Å². The van der Waals surface area contributed by atoms with Gasteiger partial charge in [0.15, 0.2) is 5.01 Å². The minimum atomic E-state index is -4.52. The van der Waals surface area contributed by atoms with Crippen molar-refractivity contribution in [2.75, 3.05) is 0 Å². The zero-order valence-electron chi connectivity index (χ0n) is 9.58. The van der Waals surface area contributed by atoms with Crippen LogP contribution < -0.4 is 0 Å². The van der Waals surface area contributed by atoms with Gasteiger partial charge in [-0.25, -0.2) is 4.98 Å². The van der Waals surface area contributed by atoms with Gasteiger partial charge >= 0.3 is 6.18 Å². The molecule has 0 amide bonds. The van der Waals surface area contributed by atoms with Gasteiger partial charge in [-0.3, -0.25) is 4.79 Å². The minimum Gasteiger partial charge on any atom is -0.288 e. The maximum Gasteiger partial charge on any atom is 0.443 e. The predicted octanol–water partition coefficient (Wildman–Crippen LogP) is 4.46. The Balaban J connectivity index is 2.40. The number of hydrogen-bond donors (Lipinski definition) is 0. The molecule has 1 heterocycles. The number of rotatable bonds is 2. The van der Waals surface area contributed by atoms with Crippen molar-refractivity contribution < 1.29 is 18.0 Å². The van der Waals surface area contributed by atoms with E-state index in [4.69, 9.17) is 0 Å². The summed E-state index contributed by atoms with van der Waals surface area (Å²) in [6.07, 6.45) is -3.56. The molecule has 2 rings (SSSR count). The molecule has 1 aromatic carbocycles. The van der Waals surface area contributed by atoms with Gasteiger partial charge in [-0.15, -0.1) is 11.3 Å². The summed E-state index contributed by atoms with van der Waals surface area (Å²) in [6, 6.07) is 5.04. The van der Waals surface area contributed by atoms with Crippen LogP contribution >= 0.6 is 27.3 Å². The molecule has 0 aliphatic rings. The minimum absolute atomic E-state index is 0.0291. The Bertz CT molecular complexity index is 636. The summed E-state index contributed by atoms with van der Waals surface area (Å²) in [5, 5.41) is -1.01. The molecular formula is C12H7BrF3NOS. The summed E-state index contributed by atoms with van der Waals surface area (Å²) in [7, 11) is 0. The number of hydrogen-bond acceptors (Lipinski definition) is 3. The van der Waals surface area contributed by atoms with Gasteiger partial charge in [0.2, 0.25) is 5.78 Å². The van der Waals surface area contributed by atoms with E-state index in [0.717, 1.165) is 11.8 Å². The summed E-state index contributed by atoms with van der Waals surface area (Å²) < 4.78 is 37.9. The average Bonchev–Trinajstić information content (AvgIpc) is 2.81. The van der Waals surface area contributed by atoms with Gasteiger partial charge in [0, 0.05) is 16.2 Å². The van der Waals surface area contributed by atoms with Crippen molar-refractivity contribution in [2.45, 2.75) is 13.1 Å². The van der Waals surface area contributed by atoms with E-state index in [1.165, 1.54) is 0 Å². The Hall–Kier alpha value is -1.21. The number of alkyl halides is 3. The first-order valence-corrected chi connectivity index (χ1v) is 6.74. The van der Waals surface area contributed by atoms with Crippen LogP contribution in [0.1, 0.15) is 25.8 Å². The molecule has 0 spiro atoms. The summed E-state index contributed by atoms with van der Waals surface area (Å²) in [5.74, 6) is -0.469. The summed E-state index contributed by atoms with van der Waals surface area (Å²) in [4.78, 5) is 15.3. The third-order valence-electron chi connectivity index (χ3n) is 2.41. The lowest BCUT2D eigenvalue weighted by Crippen LogP contribution is -2.03. The first-order chi connectivity index (χ1) is 8.80. The molecule has 1 aromatic heterocycles. The van der Waals surface area contributed by atoms with Crippen LogP contribution in [0.3, 0.4) is 0 Å². The van der Waals surface area contributed by atoms with Crippen LogP contribution in [0.25, 0.3) is 0 Å². The van der Waals surface area contributed by atoms with Crippen LogP contribution in [0.2, 0.25) is 0 Å². The summed E-state index contributed by atoms with van der Waals surface area (Å²) in [6.45, 7) is 1.80. The Morgan fingerprint density at radius 2 is 2.05 bits per heavy atom. The van der Waals surface area contributed by atoms with Crippen molar-refractivity contribution >= 4 is 33.0 Å². The highest BCUT2D eigenvalue weighted by Crippen LogP contribution is 2.34. The number of carbonyl (C=O) groups is 1. The Labute approximate surface area is 119 Å². The lowest BCUT2D eigenvalue weighted by atomic mass is 10.1. The molecule has 2 nitrogen and oxygen atoms in total. The fraction of sp³-hybridized carbons (Fsp3) is 0.167. The lowest BCUT2D eigenvalue weighted by molar-refractivity contribution is -0.137. The van der Waals surface area contributed by atoms with Crippen molar-refractivity contribution in [1.29, 1.82) is 0 Å². The SMILES string of the molecule is Cc1cccc(C(=O)c2cnc(C(F)(F)F)s2)c1Br. The van der Waals surface area contributed by atoms with E-state index in [1.807, 2.05) is 0 Å². The van der Waals surface area contributed by atoms with Crippen LogP contribution in [0.4, 0.5) is 13.2 Å². The van der Waals surface area contributed by atoms with Gasteiger partial charge in [-0.1, -0.05) is 12.1 Å². The zero-order chi connectivity index (χ0) is 14.2. The smallest absolute Gasteiger partial charge is 0.288 e. The standard InChI is InChI=1S/C12H7BrF3NOS/c1-6-3-2-4-7(9(6)13)10(18)8-5-17-11(19-8)12(14,15)16/h2-5H,1H3. The molecule has 0 fully saturated rings. The van der Waals surface area contributed by atoms with Gasteiger partial charge in [-0.05, 0) is 34.5 Å². The van der Waals surface area contributed by atoms with E-state index in [9.17, 15) is 18.0 Å². The second-order valence-corrected chi connectivity index (χ2v) is 5.62. The highest BCUT2D eigenvalue weighted by Gasteiger charge is 2.35. The maximum absolute atomic E-state index is 12.4. The number of aromatic nitrogens is 1. The number of nitrogens with zero attached hydrogens (tertiary/aromatic N) is 1. The molecule has 0 saturated heterocycles. The molecule has 0 saturated carbocycles. The monoisotopic (exact) mass is 349 g/mol. The van der Waals surface area contributed by atoms with E-state index in [-0.39, 0.29) is 4.88 Å². The first kappa shape index (κ1) is 14.2. The van der Waals surface area contributed by atoms with Gasteiger partial charge in [0.05, 0.1) is 4.88 Å². The van der Waals surface area contributed by atoms with Crippen LogP contribution in [0, 0.1) is 6.92 Å². The van der Waals surface area contributed by atoms with Gasteiger partial charge in [0.25, 0.3) is 0 Å². The van der Waals surface area contributed by atoms with E-state index >= 15 is 0 Å². The van der Waals surface area contributed by atoms with E-state index in [2.05, 4.69) is 20.9 Å².